The van der Waals surface area contributed by atoms with Crippen molar-refractivity contribution in [2.45, 2.75) is 26.7 Å². The number of ether oxygens (including phenoxy) is 4. The fraction of sp³-hybridized carbons (Fsp3) is 0.500. The molecule has 0 bridgehead atoms. The maximum Gasteiger partial charge on any atom is 0.341 e. The summed E-state index contributed by atoms with van der Waals surface area (Å²) in [6.07, 6.45) is 1.53. The van der Waals surface area contributed by atoms with E-state index in [-0.39, 0.29) is 22.6 Å². The molecule has 0 heterocycles. The Morgan fingerprint density at radius 1 is 0.818 bits per heavy atom. The van der Waals surface area contributed by atoms with Gasteiger partial charge >= 0.3 is 11.9 Å². The smallest absolute Gasteiger partial charge is 0.341 e. The van der Waals surface area contributed by atoms with Crippen molar-refractivity contribution >= 4 is 11.9 Å². The summed E-state index contributed by atoms with van der Waals surface area (Å²) >= 11 is 0. The highest BCUT2D eigenvalue weighted by atomic mass is 16.5. The third-order valence-corrected chi connectivity index (χ3v) is 2.82. The van der Waals surface area contributed by atoms with E-state index >= 15 is 0 Å². The number of carbonyl (C=O) groups excluding carboxylic acids is 2. The van der Waals surface area contributed by atoms with Gasteiger partial charge in [0.1, 0.15) is 22.6 Å². The highest BCUT2D eigenvalue weighted by Crippen LogP contribution is 2.30. The molecule has 1 rings (SSSR count). The zero-order valence-electron chi connectivity index (χ0n) is 13.4. The summed E-state index contributed by atoms with van der Waals surface area (Å²) in [7, 11) is 2.57. The number of carbonyl (C=O) groups is 2. The number of esters is 2. The molecular weight excluding hydrogens is 288 g/mol. The molecule has 0 atom stereocenters. The van der Waals surface area contributed by atoms with E-state index in [1.807, 2.05) is 13.8 Å². The summed E-state index contributed by atoms with van der Waals surface area (Å²) in [5, 5.41) is 0. The second-order valence-corrected chi connectivity index (χ2v) is 4.52. The van der Waals surface area contributed by atoms with Gasteiger partial charge in [0.2, 0.25) is 0 Å². The van der Waals surface area contributed by atoms with Gasteiger partial charge in [-0.25, -0.2) is 9.59 Å². The van der Waals surface area contributed by atoms with Crippen LogP contribution in [0.5, 0.6) is 11.5 Å². The standard InChI is InChI=1S/C16H22O6/c1-5-7-21-13-9-12(16(18)20-4)14(22-8-6-2)10-11(13)15(17)19-3/h9-10H,5-8H2,1-4H3. The van der Waals surface area contributed by atoms with Crippen molar-refractivity contribution < 1.29 is 28.5 Å². The lowest BCUT2D eigenvalue weighted by molar-refractivity contribution is 0.0578. The molecule has 0 unspecified atom stereocenters. The molecule has 6 heteroatoms. The van der Waals surface area contributed by atoms with Gasteiger partial charge in [-0.1, -0.05) is 13.8 Å². The first kappa shape index (κ1) is 17.8. The van der Waals surface area contributed by atoms with Crippen LogP contribution in [0.15, 0.2) is 12.1 Å². The first-order valence-corrected chi connectivity index (χ1v) is 7.19. The first-order valence-electron chi connectivity index (χ1n) is 7.19. The van der Waals surface area contributed by atoms with Crippen molar-refractivity contribution in [3.63, 3.8) is 0 Å². The zero-order valence-corrected chi connectivity index (χ0v) is 13.4. The molecule has 22 heavy (non-hydrogen) atoms. The lowest BCUT2D eigenvalue weighted by atomic mass is 10.1. The molecule has 0 radical (unpaired) electrons. The molecule has 0 saturated carbocycles. The molecule has 0 saturated heterocycles. The SMILES string of the molecule is CCCOc1cc(C(=O)OC)c(OCCC)cc1C(=O)OC. The van der Waals surface area contributed by atoms with Gasteiger partial charge < -0.3 is 18.9 Å². The van der Waals surface area contributed by atoms with Crippen molar-refractivity contribution in [1.82, 2.24) is 0 Å². The Morgan fingerprint density at radius 3 is 1.45 bits per heavy atom. The van der Waals surface area contributed by atoms with Gasteiger partial charge in [-0.2, -0.15) is 0 Å². The average molecular weight is 310 g/mol. The van der Waals surface area contributed by atoms with E-state index in [1.165, 1.54) is 26.4 Å². The van der Waals surface area contributed by atoms with Crippen LogP contribution in [0.1, 0.15) is 47.4 Å². The molecule has 0 aromatic heterocycles. The monoisotopic (exact) mass is 310 g/mol. The van der Waals surface area contributed by atoms with E-state index in [2.05, 4.69) is 0 Å². The number of hydrogen-bond donors (Lipinski definition) is 0. The van der Waals surface area contributed by atoms with Gasteiger partial charge in [-0.05, 0) is 25.0 Å². The molecule has 6 nitrogen and oxygen atoms in total. The molecule has 0 spiro atoms. The zero-order chi connectivity index (χ0) is 16.5. The number of rotatable bonds is 8. The highest BCUT2D eigenvalue weighted by molar-refractivity contribution is 5.98. The van der Waals surface area contributed by atoms with Crippen molar-refractivity contribution in [3.05, 3.63) is 23.3 Å². The fourth-order valence-corrected chi connectivity index (χ4v) is 1.76. The Labute approximate surface area is 130 Å². The minimum absolute atomic E-state index is 0.217. The molecule has 0 fully saturated rings. The number of hydrogen-bond acceptors (Lipinski definition) is 6. The Hall–Kier alpha value is -2.24. The van der Waals surface area contributed by atoms with Crippen molar-refractivity contribution in [1.29, 1.82) is 0 Å². The summed E-state index contributed by atoms with van der Waals surface area (Å²) < 4.78 is 20.6. The molecule has 122 valence electrons. The fourth-order valence-electron chi connectivity index (χ4n) is 1.76. The van der Waals surface area contributed by atoms with Gasteiger partial charge in [-0.15, -0.1) is 0 Å². The Balaban J connectivity index is 3.34. The molecule has 0 N–H and O–H groups in total. The van der Waals surface area contributed by atoms with E-state index in [0.717, 1.165) is 12.8 Å². The summed E-state index contributed by atoms with van der Waals surface area (Å²) in [4.78, 5) is 23.8. The highest BCUT2D eigenvalue weighted by Gasteiger charge is 2.22. The van der Waals surface area contributed by atoms with Crippen molar-refractivity contribution in [2.75, 3.05) is 27.4 Å². The van der Waals surface area contributed by atoms with E-state index in [9.17, 15) is 9.59 Å². The van der Waals surface area contributed by atoms with Gasteiger partial charge in [0, 0.05) is 0 Å². The van der Waals surface area contributed by atoms with Crippen LogP contribution < -0.4 is 9.47 Å². The number of benzene rings is 1. The van der Waals surface area contributed by atoms with E-state index < -0.39 is 11.9 Å². The predicted molar refractivity (Wildman–Crippen MR) is 80.7 cm³/mol. The number of methoxy groups -OCH3 is 2. The Kier molecular flexibility index (Phi) is 7.22. The van der Waals surface area contributed by atoms with Crippen LogP contribution in [0.3, 0.4) is 0 Å². The largest absolute Gasteiger partial charge is 0.493 e. The summed E-state index contributed by atoms with van der Waals surface area (Å²) in [5.74, 6) is -0.552. The Morgan fingerprint density at radius 2 is 1.18 bits per heavy atom. The van der Waals surface area contributed by atoms with Crippen LogP contribution in [-0.4, -0.2) is 39.4 Å². The van der Waals surface area contributed by atoms with Crippen molar-refractivity contribution in [2.24, 2.45) is 0 Å². The Bertz CT molecular complexity index is 476. The average Bonchev–Trinajstić information content (AvgIpc) is 2.56. The van der Waals surface area contributed by atoms with Gasteiger partial charge in [0.05, 0.1) is 27.4 Å². The van der Waals surface area contributed by atoms with Crippen LogP contribution in [0.4, 0.5) is 0 Å². The summed E-state index contributed by atoms with van der Waals surface area (Å²) in [6.45, 7) is 4.72. The van der Waals surface area contributed by atoms with Crippen LogP contribution >= 0.6 is 0 Å². The van der Waals surface area contributed by atoms with Gasteiger partial charge in [0.25, 0.3) is 0 Å². The van der Waals surface area contributed by atoms with Gasteiger partial charge in [0.15, 0.2) is 0 Å². The molecule has 0 aliphatic heterocycles. The van der Waals surface area contributed by atoms with Crippen LogP contribution in [0, 0.1) is 0 Å². The maximum atomic E-state index is 11.9. The second kappa shape index (κ2) is 8.92. The minimum Gasteiger partial charge on any atom is -0.493 e. The van der Waals surface area contributed by atoms with Crippen LogP contribution in [0.2, 0.25) is 0 Å². The normalized spacial score (nSPS) is 10.0. The topological polar surface area (TPSA) is 71.1 Å². The lowest BCUT2D eigenvalue weighted by Crippen LogP contribution is -2.12. The van der Waals surface area contributed by atoms with E-state index in [1.54, 1.807) is 0 Å². The third-order valence-electron chi connectivity index (χ3n) is 2.82. The predicted octanol–water partition coefficient (Wildman–Crippen LogP) is 2.84. The maximum absolute atomic E-state index is 11.9. The van der Waals surface area contributed by atoms with Gasteiger partial charge in [-0.3, -0.25) is 0 Å². The molecule has 0 aliphatic rings. The molecule has 0 amide bonds. The molecule has 1 aromatic carbocycles. The third kappa shape index (κ3) is 4.38. The van der Waals surface area contributed by atoms with E-state index in [0.29, 0.717) is 13.2 Å². The molecule has 1 aromatic rings. The van der Waals surface area contributed by atoms with E-state index in [4.69, 9.17) is 18.9 Å². The van der Waals surface area contributed by atoms with Crippen molar-refractivity contribution in [3.8, 4) is 11.5 Å². The summed E-state index contributed by atoms with van der Waals surface area (Å²) in [5.41, 5.74) is 0.435. The lowest BCUT2D eigenvalue weighted by Gasteiger charge is -2.15. The van der Waals surface area contributed by atoms with Crippen LogP contribution in [0.25, 0.3) is 0 Å². The molecular formula is C16H22O6. The summed E-state index contributed by atoms with van der Waals surface area (Å²) in [6, 6.07) is 2.91. The first-order chi connectivity index (χ1) is 10.6. The second-order valence-electron chi connectivity index (χ2n) is 4.52. The quantitative estimate of drug-likeness (QED) is 0.688. The molecule has 0 aliphatic carbocycles. The van der Waals surface area contributed by atoms with Crippen LogP contribution in [-0.2, 0) is 9.47 Å². The minimum atomic E-state index is -0.552.